The lowest BCUT2D eigenvalue weighted by atomic mass is 10.3. The summed E-state index contributed by atoms with van der Waals surface area (Å²) in [5.74, 6) is 0. The quantitative estimate of drug-likeness (QED) is 0.764. The van der Waals surface area contributed by atoms with Crippen molar-refractivity contribution >= 4 is 5.69 Å². The van der Waals surface area contributed by atoms with Gasteiger partial charge in [-0.05, 0) is 25.7 Å². The molecule has 1 saturated heterocycles. The van der Waals surface area contributed by atoms with Crippen LogP contribution in [-0.4, -0.2) is 46.7 Å². The number of anilines is 1. The number of nitrogens with one attached hydrogen (secondary N) is 1. The lowest BCUT2D eigenvalue weighted by molar-refractivity contribution is 0.144. The molecule has 2 N–H and O–H groups in total. The summed E-state index contributed by atoms with van der Waals surface area (Å²) in [6.07, 6.45) is 5.89. The summed E-state index contributed by atoms with van der Waals surface area (Å²) in [4.78, 5) is 14.2. The molecule has 110 valence electrons. The molecule has 2 fully saturated rings. The van der Waals surface area contributed by atoms with E-state index in [0.29, 0.717) is 12.6 Å². The third kappa shape index (κ3) is 3.37. The van der Waals surface area contributed by atoms with Crippen LogP contribution in [0.2, 0.25) is 0 Å². The van der Waals surface area contributed by atoms with Crippen molar-refractivity contribution in [2.45, 2.75) is 44.4 Å². The van der Waals surface area contributed by atoms with Gasteiger partial charge in [0.15, 0.2) is 0 Å². The van der Waals surface area contributed by atoms with Gasteiger partial charge in [-0.25, -0.2) is 4.68 Å². The first kappa shape index (κ1) is 13.6. The van der Waals surface area contributed by atoms with Gasteiger partial charge in [-0.15, -0.1) is 0 Å². The molecule has 2 aliphatic rings. The molecule has 6 heteroatoms. The summed E-state index contributed by atoms with van der Waals surface area (Å²) in [5.41, 5.74) is 0.759. The standard InChI is InChI=1S/C14H22N4O2/c19-13(9-15-11-3-4-11)10-18-14(20)7-12(8-16-18)17-5-1-2-6-17/h7-8,11,13,15,19H,1-6,9-10H2. The number of aromatic nitrogens is 2. The zero-order chi connectivity index (χ0) is 13.9. The van der Waals surface area contributed by atoms with Gasteiger partial charge in [0.05, 0.1) is 24.5 Å². The highest BCUT2D eigenvalue weighted by Gasteiger charge is 2.21. The van der Waals surface area contributed by atoms with Crippen LogP contribution in [0.3, 0.4) is 0 Å². The van der Waals surface area contributed by atoms with E-state index in [0.717, 1.165) is 18.8 Å². The minimum absolute atomic E-state index is 0.139. The van der Waals surface area contributed by atoms with E-state index >= 15 is 0 Å². The monoisotopic (exact) mass is 278 g/mol. The van der Waals surface area contributed by atoms with E-state index in [-0.39, 0.29) is 12.1 Å². The van der Waals surface area contributed by atoms with Crippen LogP contribution < -0.4 is 15.8 Å². The number of rotatable bonds is 6. The molecule has 0 amide bonds. The lowest BCUT2D eigenvalue weighted by Gasteiger charge is -2.18. The largest absolute Gasteiger partial charge is 0.390 e. The van der Waals surface area contributed by atoms with Gasteiger partial charge in [0.2, 0.25) is 0 Å². The fraction of sp³-hybridized carbons (Fsp3) is 0.714. The summed E-state index contributed by atoms with van der Waals surface area (Å²) in [6.45, 7) is 2.77. The van der Waals surface area contributed by atoms with Crippen molar-refractivity contribution in [2.24, 2.45) is 0 Å². The third-order valence-electron chi connectivity index (χ3n) is 3.93. The second-order valence-corrected chi connectivity index (χ2v) is 5.76. The van der Waals surface area contributed by atoms with Crippen molar-refractivity contribution in [3.63, 3.8) is 0 Å². The molecule has 1 aliphatic heterocycles. The maximum Gasteiger partial charge on any atom is 0.268 e. The zero-order valence-corrected chi connectivity index (χ0v) is 11.7. The Morgan fingerprint density at radius 1 is 1.40 bits per heavy atom. The van der Waals surface area contributed by atoms with Gasteiger partial charge in [-0.1, -0.05) is 0 Å². The Morgan fingerprint density at radius 3 is 2.80 bits per heavy atom. The number of hydrogen-bond acceptors (Lipinski definition) is 5. The second-order valence-electron chi connectivity index (χ2n) is 5.76. The van der Waals surface area contributed by atoms with Gasteiger partial charge in [0.25, 0.3) is 5.56 Å². The molecule has 1 saturated carbocycles. The maximum atomic E-state index is 12.0. The molecular weight excluding hydrogens is 256 g/mol. The van der Waals surface area contributed by atoms with E-state index in [9.17, 15) is 9.90 Å². The van der Waals surface area contributed by atoms with E-state index in [1.165, 1.54) is 30.4 Å². The van der Waals surface area contributed by atoms with Crippen molar-refractivity contribution in [3.8, 4) is 0 Å². The number of nitrogens with zero attached hydrogens (tertiary/aromatic N) is 3. The first-order valence-electron chi connectivity index (χ1n) is 7.46. The molecular formula is C14H22N4O2. The molecule has 3 rings (SSSR count). The van der Waals surface area contributed by atoms with Gasteiger partial charge in [-0.3, -0.25) is 4.79 Å². The molecule has 0 bridgehead atoms. The highest BCUT2D eigenvalue weighted by Crippen LogP contribution is 2.18. The predicted octanol–water partition coefficient (Wildman–Crippen LogP) is -0.0436. The minimum atomic E-state index is -0.571. The fourth-order valence-electron chi connectivity index (χ4n) is 2.56. The van der Waals surface area contributed by atoms with Gasteiger partial charge in [0.1, 0.15) is 0 Å². The van der Waals surface area contributed by atoms with Gasteiger partial charge >= 0.3 is 0 Å². The summed E-state index contributed by atoms with van der Waals surface area (Å²) in [5, 5.41) is 17.3. The Balaban J connectivity index is 1.59. The van der Waals surface area contributed by atoms with Gasteiger partial charge in [0, 0.05) is 31.7 Å². The Labute approximate surface area is 118 Å². The summed E-state index contributed by atoms with van der Waals surface area (Å²) >= 11 is 0. The van der Waals surface area contributed by atoms with Crippen LogP contribution in [0.15, 0.2) is 17.1 Å². The molecule has 2 heterocycles. The number of aliphatic hydroxyl groups excluding tert-OH is 1. The Bertz CT molecular complexity index is 506. The molecule has 1 aliphatic carbocycles. The fourth-order valence-corrected chi connectivity index (χ4v) is 2.56. The Kier molecular flexibility index (Phi) is 4.03. The normalized spacial score (nSPS) is 20.4. The highest BCUT2D eigenvalue weighted by atomic mass is 16.3. The van der Waals surface area contributed by atoms with E-state index < -0.39 is 6.10 Å². The smallest absolute Gasteiger partial charge is 0.268 e. The molecule has 0 aromatic carbocycles. The van der Waals surface area contributed by atoms with E-state index in [2.05, 4.69) is 15.3 Å². The van der Waals surface area contributed by atoms with Crippen LogP contribution in [0.1, 0.15) is 25.7 Å². The van der Waals surface area contributed by atoms with Crippen molar-refractivity contribution < 1.29 is 5.11 Å². The van der Waals surface area contributed by atoms with Crippen molar-refractivity contribution in [3.05, 3.63) is 22.6 Å². The summed E-state index contributed by atoms with van der Waals surface area (Å²) in [7, 11) is 0. The van der Waals surface area contributed by atoms with Crippen LogP contribution >= 0.6 is 0 Å². The molecule has 1 aromatic heterocycles. The van der Waals surface area contributed by atoms with Crippen LogP contribution in [0.4, 0.5) is 5.69 Å². The highest BCUT2D eigenvalue weighted by molar-refractivity contribution is 5.43. The molecule has 0 radical (unpaired) electrons. The topological polar surface area (TPSA) is 70.4 Å². The zero-order valence-electron chi connectivity index (χ0n) is 11.7. The van der Waals surface area contributed by atoms with E-state index in [1.807, 2.05) is 0 Å². The predicted molar refractivity (Wildman–Crippen MR) is 77.0 cm³/mol. The molecule has 6 nitrogen and oxygen atoms in total. The van der Waals surface area contributed by atoms with Crippen molar-refractivity contribution in [1.82, 2.24) is 15.1 Å². The second kappa shape index (κ2) is 5.93. The Morgan fingerprint density at radius 2 is 2.15 bits per heavy atom. The average molecular weight is 278 g/mol. The Hall–Kier alpha value is -1.40. The van der Waals surface area contributed by atoms with Crippen molar-refractivity contribution in [2.75, 3.05) is 24.5 Å². The van der Waals surface area contributed by atoms with Crippen LogP contribution in [0.25, 0.3) is 0 Å². The molecule has 1 atom stereocenters. The van der Waals surface area contributed by atoms with Gasteiger partial charge < -0.3 is 15.3 Å². The summed E-state index contributed by atoms with van der Waals surface area (Å²) < 4.78 is 1.35. The first-order chi connectivity index (χ1) is 9.72. The third-order valence-corrected chi connectivity index (χ3v) is 3.93. The van der Waals surface area contributed by atoms with Crippen LogP contribution in [0, 0.1) is 0 Å². The first-order valence-corrected chi connectivity index (χ1v) is 7.46. The van der Waals surface area contributed by atoms with Crippen molar-refractivity contribution in [1.29, 1.82) is 0 Å². The number of aliphatic hydroxyl groups is 1. The van der Waals surface area contributed by atoms with E-state index in [4.69, 9.17) is 0 Å². The molecule has 20 heavy (non-hydrogen) atoms. The minimum Gasteiger partial charge on any atom is -0.390 e. The van der Waals surface area contributed by atoms with Crippen LogP contribution in [-0.2, 0) is 6.54 Å². The maximum absolute atomic E-state index is 12.0. The van der Waals surface area contributed by atoms with E-state index in [1.54, 1.807) is 12.3 Å². The molecule has 1 aromatic rings. The molecule has 0 spiro atoms. The SMILES string of the molecule is O=c1cc(N2CCCC2)cnn1CC(O)CNC1CC1. The summed E-state index contributed by atoms with van der Waals surface area (Å²) in [6, 6.07) is 2.19. The number of hydrogen-bond donors (Lipinski definition) is 2. The molecule has 1 unspecified atom stereocenters. The average Bonchev–Trinajstić information content (AvgIpc) is 3.11. The van der Waals surface area contributed by atoms with Crippen LogP contribution in [0.5, 0.6) is 0 Å². The lowest BCUT2D eigenvalue weighted by Crippen LogP contribution is -2.36. The van der Waals surface area contributed by atoms with Gasteiger partial charge in [-0.2, -0.15) is 5.10 Å².